The van der Waals surface area contributed by atoms with E-state index in [0.717, 1.165) is 25.7 Å². The highest BCUT2D eigenvalue weighted by atomic mass is 16.5. The predicted molar refractivity (Wildman–Crippen MR) is 86.9 cm³/mol. The van der Waals surface area contributed by atoms with E-state index in [4.69, 9.17) is 4.52 Å². The van der Waals surface area contributed by atoms with Gasteiger partial charge in [0.1, 0.15) is 6.04 Å². The minimum absolute atomic E-state index is 0.0217. The molecule has 1 saturated carbocycles. The van der Waals surface area contributed by atoms with Crippen molar-refractivity contribution in [3.8, 4) is 0 Å². The molecule has 3 rings (SSSR count). The van der Waals surface area contributed by atoms with E-state index in [2.05, 4.69) is 15.5 Å². The molecule has 24 heavy (non-hydrogen) atoms. The molecule has 0 spiro atoms. The maximum Gasteiger partial charge on any atom is 0.249 e. The van der Waals surface area contributed by atoms with Crippen molar-refractivity contribution in [2.75, 3.05) is 13.1 Å². The Balaban J connectivity index is 1.50. The molecule has 1 N–H and O–H groups in total. The number of aromatic nitrogens is 2. The molecule has 1 aliphatic carbocycles. The van der Waals surface area contributed by atoms with Crippen LogP contribution in [0.2, 0.25) is 0 Å². The maximum atomic E-state index is 12.5. The largest absolute Gasteiger partial charge is 0.344 e. The van der Waals surface area contributed by atoms with Crippen LogP contribution in [0, 0.1) is 18.8 Å². The summed E-state index contributed by atoms with van der Waals surface area (Å²) >= 11 is 0. The normalized spacial score (nSPS) is 20.5. The van der Waals surface area contributed by atoms with E-state index < -0.39 is 0 Å². The molecule has 2 aliphatic rings. The molecule has 1 aliphatic heterocycles. The molecule has 132 valence electrons. The summed E-state index contributed by atoms with van der Waals surface area (Å²) in [5.74, 6) is 1.52. The molecule has 1 saturated heterocycles. The average molecular weight is 334 g/mol. The molecule has 1 aromatic rings. The third kappa shape index (κ3) is 3.60. The highest BCUT2D eigenvalue weighted by Gasteiger charge is 2.34. The van der Waals surface area contributed by atoms with Gasteiger partial charge in [0, 0.05) is 24.9 Å². The lowest BCUT2D eigenvalue weighted by atomic mass is 9.83. The number of nitrogens with one attached hydrogen (secondary N) is 1. The summed E-state index contributed by atoms with van der Waals surface area (Å²) in [5.41, 5.74) is 0. The van der Waals surface area contributed by atoms with E-state index >= 15 is 0 Å². The lowest BCUT2D eigenvalue weighted by Gasteiger charge is -2.36. The first kappa shape index (κ1) is 16.9. The van der Waals surface area contributed by atoms with E-state index in [1.54, 1.807) is 6.92 Å². The van der Waals surface area contributed by atoms with Gasteiger partial charge >= 0.3 is 0 Å². The molecular formula is C17H26N4O3. The number of carbonyl (C=O) groups excluding carboxylic acids is 2. The Labute approximate surface area is 142 Å². The molecule has 2 fully saturated rings. The SMILES string of the molecule is CC[C@@H](NC(=O)C1CCN(C(=O)C2CCC2)CC1)c1nc(C)no1. The van der Waals surface area contributed by atoms with Crippen LogP contribution in [-0.2, 0) is 9.59 Å². The van der Waals surface area contributed by atoms with Gasteiger partial charge in [0.15, 0.2) is 5.82 Å². The first-order valence-corrected chi connectivity index (χ1v) is 8.97. The molecule has 7 heteroatoms. The van der Waals surface area contributed by atoms with E-state index in [1.165, 1.54) is 6.42 Å². The average Bonchev–Trinajstić information content (AvgIpc) is 2.97. The minimum Gasteiger partial charge on any atom is -0.344 e. The van der Waals surface area contributed by atoms with E-state index in [1.807, 2.05) is 11.8 Å². The number of hydrogen-bond donors (Lipinski definition) is 1. The molecule has 0 bridgehead atoms. The number of likely N-dealkylation sites (tertiary alicyclic amines) is 1. The molecular weight excluding hydrogens is 308 g/mol. The predicted octanol–water partition coefficient (Wildman–Crippen LogP) is 1.98. The van der Waals surface area contributed by atoms with Gasteiger partial charge in [-0.15, -0.1) is 0 Å². The van der Waals surface area contributed by atoms with Crippen LogP contribution in [-0.4, -0.2) is 39.9 Å². The van der Waals surface area contributed by atoms with Crippen LogP contribution in [0.15, 0.2) is 4.52 Å². The smallest absolute Gasteiger partial charge is 0.249 e. The number of rotatable bonds is 5. The summed E-state index contributed by atoms with van der Waals surface area (Å²) in [5, 5.41) is 6.80. The fraction of sp³-hybridized carbons (Fsp3) is 0.765. The lowest BCUT2D eigenvalue weighted by Crippen LogP contribution is -2.46. The zero-order chi connectivity index (χ0) is 17.1. The van der Waals surface area contributed by atoms with Crippen molar-refractivity contribution in [3.63, 3.8) is 0 Å². The molecule has 0 radical (unpaired) electrons. The van der Waals surface area contributed by atoms with Crippen LogP contribution in [0.25, 0.3) is 0 Å². The maximum absolute atomic E-state index is 12.5. The van der Waals surface area contributed by atoms with Crippen LogP contribution < -0.4 is 5.32 Å². The molecule has 2 amide bonds. The molecule has 1 aromatic heterocycles. The summed E-state index contributed by atoms with van der Waals surface area (Å²) in [4.78, 5) is 30.9. The van der Waals surface area contributed by atoms with Gasteiger partial charge < -0.3 is 14.7 Å². The quantitative estimate of drug-likeness (QED) is 0.889. The number of piperidine rings is 1. The Kier molecular flexibility index (Phi) is 5.16. The van der Waals surface area contributed by atoms with Gasteiger partial charge in [-0.3, -0.25) is 9.59 Å². The molecule has 0 unspecified atom stereocenters. The van der Waals surface area contributed by atoms with Crippen LogP contribution in [0.1, 0.15) is 63.2 Å². The van der Waals surface area contributed by atoms with Crippen molar-refractivity contribution in [1.82, 2.24) is 20.4 Å². The molecule has 7 nitrogen and oxygen atoms in total. The molecule has 1 atom stereocenters. The Bertz CT molecular complexity index is 588. The molecule has 0 aromatic carbocycles. The van der Waals surface area contributed by atoms with Gasteiger partial charge in [-0.05, 0) is 39.0 Å². The van der Waals surface area contributed by atoms with E-state index in [0.29, 0.717) is 31.2 Å². The summed E-state index contributed by atoms with van der Waals surface area (Å²) in [6, 6.07) is -0.242. The van der Waals surface area contributed by atoms with Crippen LogP contribution in [0.3, 0.4) is 0 Å². The van der Waals surface area contributed by atoms with E-state index in [-0.39, 0.29) is 29.7 Å². The summed E-state index contributed by atoms with van der Waals surface area (Å²) < 4.78 is 5.17. The highest BCUT2D eigenvalue weighted by Crippen LogP contribution is 2.30. The van der Waals surface area contributed by atoms with Crippen molar-refractivity contribution in [2.24, 2.45) is 11.8 Å². The number of amides is 2. The second kappa shape index (κ2) is 7.32. The monoisotopic (exact) mass is 334 g/mol. The summed E-state index contributed by atoms with van der Waals surface area (Å²) in [7, 11) is 0. The Morgan fingerprint density at radius 1 is 1.25 bits per heavy atom. The van der Waals surface area contributed by atoms with Gasteiger partial charge in [0.05, 0.1) is 0 Å². The van der Waals surface area contributed by atoms with Crippen LogP contribution in [0.4, 0.5) is 0 Å². The Hall–Kier alpha value is -1.92. The Morgan fingerprint density at radius 2 is 1.96 bits per heavy atom. The van der Waals surface area contributed by atoms with Gasteiger partial charge in [0.2, 0.25) is 17.7 Å². The third-order valence-electron chi connectivity index (χ3n) is 5.20. The van der Waals surface area contributed by atoms with Crippen molar-refractivity contribution in [1.29, 1.82) is 0 Å². The van der Waals surface area contributed by atoms with Gasteiger partial charge in [-0.25, -0.2) is 0 Å². The second-order valence-corrected chi connectivity index (χ2v) is 6.88. The van der Waals surface area contributed by atoms with Crippen LogP contribution in [0.5, 0.6) is 0 Å². The summed E-state index contributed by atoms with van der Waals surface area (Å²) in [6.07, 6.45) is 5.38. The second-order valence-electron chi connectivity index (χ2n) is 6.88. The number of nitrogens with zero attached hydrogens (tertiary/aromatic N) is 3. The van der Waals surface area contributed by atoms with Crippen molar-refractivity contribution in [3.05, 3.63) is 11.7 Å². The fourth-order valence-electron chi connectivity index (χ4n) is 3.36. The topological polar surface area (TPSA) is 88.3 Å². The number of carbonyl (C=O) groups is 2. The third-order valence-corrected chi connectivity index (χ3v) is 5.20. The van der Waals surface area contributed by atoms with E-state index in [9.17, 15) is 9.59 Å². The van der Waals surface area contributed by atoms with Crippen molar-refractivity contribution >= 4 is 11.8 Å². The zero-order valence-electron chi connectivity index (χ0n) is 14.5. The fourth-order valence-corrected chi connectivity index (χ4v) is 3.36. The van der Waals surface area contributed by atoms with Crippen molar-refractivity contribution < 1.29 is 14.1 Å². The standard InChI is InChI=1S/C17H26N4O3/c1-3-14(16-18-11(2)20-24-16)19-15(22)12-7-9-21(10-8-12)17(23)13-5-4-6-13/h12-14H,3-10H2,1-2H3,(H,19,22)/t14-/m1/s1. The number of hydrogen-bond acceptors (Lipinski definition) is 5. The first-order valence-electron chi connectivity index (χ1n) is 8.97. The van der Waals surface area contributed by atoms with Crippen molar-refractivity contribution in [2.45, 2.75) is 58.4 Å². The zero-order valence-corrected chi connectivity index (χ0v) is 14.5. The highest BCUT2D eigenvalue weighted by molar-refractivity contribution is 5.81. The Morgan fingerprint density at radius 3 is 2.46 bits per heavy atom. The first-order chi connectivity index (χ1) is 11.6. The summed E-state index contributed by atoms with van der Waals surface area (Å²) in [6.45, 7) is 5.11. The number of aryl methyl sites for hydroxylation is 1. The lowest BCUT2D eigenvalue weighted by molar-refractivity contribution is -0.141. The van der Waals surface area contributed by atoms with Crippen LogP contribution >= 0.6 is 0 Å². The van der Waals surface area contributed by atoms with Gasteiger partial charge in [0.25, 0.3) is 0 Å². The minimum atomic E-state index is -0.242. The van der Waals surface area contributed by atoms with Gasteiger partial charge in [-0.1, -0.05) is 18.5 Å². The molecule has 2 heterocycles. The van der Waals surface area contributed by atoms with Gasteiger partial charge in [-0.2, -0.15) is 4.98 Å².